The number of hydrogen-bond acceptors (Lipinski definition) is 7. The van der Waals surface area contributed by atoms with E-state index in [4.69, 9.17) is 28.2 Å². The number of carbonyl (C=O) groups is 1. The van der Waals surface area contributed by atoms with Crippen molar-refractivity contribution in [1.82, 2.24) is 15.3 Å². The largest absolute Gasteiger partial charge is 0.397 e. The van der Waals surface area contributed by atoms with E-state index < -0.39 is 5.54 Å². The van der Waals surface area contributed by atoms with Crippen LogP contribution in [0.1, 0.15) is 30.9 Å². The molecule has 1 saturated heterocycles. The molecule has 0 atom stereocenters. The predicted octanol–water partition coefficient (Wildman–Crippen LogP) is 1.63. The van der Waals surface area contributed by atoms with Crippen LogP contribution >= 0.6 is 11.6 Å². The fraction of sp³-hybridized carbons (Fsp3) is 0.450. The number of hydrogen-bond donors (Lipinski definition) is 4. The zero-order chi connectivity index (χ0) is 21.4. The molecule has 2 aromatic rings. The first-order valence-electron chi connectivity index (χ1n) is 9.55. The van der Waals surface area contributed by atoms with Crippen LogP contribution in [0.2, 0.25) is 5.02 Å². The van der Waals surface area contributed by atoms with Crippen LogP contribution in [-0.2, 0) is 11.3 Å². The second kappa shape index (κ2) is 10.4. The van der Waals surface area contributed by atoms with Crippen molar-refractivity contribution >= 4 is 29.1 Å². The lowest BCUT2D eigenvalue weighted by Gasteiger charge is -2.38. The number of aromatic nitrogens is 2. The number of rotatable bonds is 4. The number of aliphatic hydroxyl groups is 1. The van der Waals surface area contributed by atoms with Gasteiger partial charge in [0.15, 0.2) is 5.82 Å². The molecule has 0 radical (unpaired) electrons. The van der Waals surface area contributed by atoms with E-state index >= 15 is 0 Å². The van der Waals surface area contributed by atoms with Gasteiger partial charge in [-0.05, 0) is 32.3 Å². The normalized spacial score (nSPS) is 15.3. The van der Waals surface area contributed by atoms with E-state index in [0.717, 1.165) is 5.56 Å². The highest BCUT2D eigenvalue weighted by atomic mass is 35.5. The molecule has 0 spiro atoms. The molecule has 8 nitrogen and oxygen atoms in total. The zero-order valence-corrected chi connectivity index (χ0v) is 17.6. The standard InChI is InChI=1S/C18H23ClN6O.C2H6O/c1-12-2-4-13(5-3-12)10-22-17(26)18(21)6-8-25(9-7-18)16-14(19)15(20)23-11-24-16;1-2-3/h2-5,11H,6-10,21H2,1H3,(H,22,26)(H2,20,23,24);3H,2H2,1H3. The van der Waals surface area contributed by atoms with Gasteiger partial charge in [-0.2, -0.15) is 0 Å². The van der Waals surface area contributed by atoms with E-state index in [1.807, 2.05) is 36.1 Å². The van der Waals surface area contributed by atoms with Crippen LogP contribution < -0.4 is 21.7 Å². The third-order valence-electron chi connectivity index (χ3n) is 4.78. The van der Waals surface area contributed by atoms with Crippen LogP contribution in [0.5, 0.6) is 0 Å². The molecular formula is C20H29ClN6O2. The first-order chi connectivity index (χ1) is 13.8. The molecule has 0 bridgehead atoms. The van der Waals surface area contributed by atoms with Gasteiger partial charge < -0.3 is 26.8 Å². The quantitative estimate of drug-likeness (QED) is 0.591. The van der Waals surface area contributed by atoms with Gasteiger partial charge in [0.05, 0.1) is 5.54 Å². The fourth-order valence-corrected chi connectivity index (χ4v) is 3.22. The minimum atomic E-state index is -0.897. The Kier molecular flexibility index (Phi) is 8.19. The summed E-state index contributed by atoms with van der Waals surface area (Å²) in [5.74, 6) is 0.699. The number of carbonyl (C=O) groups excluding carboxylic acids is 1. The van der Waals surface area contributed by atoms with E-state index in [9.17, 15) is 4.79 Å². The van der Waals surface area contributed by atoms with E-state index in [2.05, 4.69) is 15.3 Å². The summed E-state index contributed by atoms with van der Waals surface area (Å²) in [4.78, 5) is 22.7. The molecule has 1 amide bonds. The molecular weight excluding hydrogens is 392 g/mol. The predicted molar refractivity (Wildman–Crippen MR) is 116 cm³/mol. The van der Waals surface area contributed by atoms with Gasteiger partial charge >= 0.3 is 0 Å². The van der Waals surface area contributed by atoms with Crippen LogP contribution in [0.25, 0.3) is 0 Å². The van der Waals surface area contributed by atoms with E-state index in [-0.39, 0.29) is 18.3 Å². The first kappa shape index (κ1) is 22.9. The molecule has 1 aliphatic heterocycles. The summed E-state index contributed by atoms with van der Waals surface area (Å²) >= 11 is 6.19. The maximum absolute atomic E-state index is 12.6. The maximum Gasteiger partial charge on any atom is 0.240 e. The summed E-state index contributed by atoms with van der Waals surface area (Å²) in [7, 11) is 0. The van der Waals surface area contributed by atoms with Crippen molar-refractivity contribution in [2.24, 2.45) is 5.73 Å². The van der Waals surface area contributed by atoms with Gasteiger partial charge in [0.25, 0.3) is 0 Å². The van der Waals surface area contributed by atoms with Crippen molar-refractivity contribution in [2.45, 2.75) is 38.8 Å². The molecule has 0 aliphatic carbocycles. The van der Waals surface area contributed by atoms with Gasteiger partial charge in [-0.1, -0.05) is 41.4 Å². The molecule has 29 heavy (non-hydrogen) atoms. The van der Waals surface area contributed by atoms with Crippen molar-refractivity contribution < 1.29 is 9.90 Å². The molecule has 0 saturated carbocycles. The third-order valence-corrected chi connectivity index (χ3v) is 5.14. The Labute approximate surface area is 176 Å². The molecule has 158 valence electrons. The Morgan fingerprint density at radius 1 is 1.28 bits per heavy atom. The number of nitrogens with zero attached hydrogens (tertiary/aromatic N) is 3. The molecule has 9 heteroatoms. The molecule has 6 N–H and O–H groups in total. The molecule has 2 heterocycles. The molecule has 0 unspecified atom stereocenters. The molecule has 1 aromatic heterocycles. The number of piperidine rings is 1. The van der Waals surface area contributed by atoms with E-state index in [1.165, 1.54) is 11.9 Å². The van der Waals surface area contributed by atoms with Crippen LogP contribution in [0.3, 0.4) is 0 Å². The number of nitrogens with two attached hydrogens (primary N) is 2. The summed E-state index contributed by atoms with van der Waals surface area (Å²) in [6, 6.07) is 8.05. The average Bonchev–Trinajstić information content (AvgIpc) is 2.71. The Balaban J connectivity index is 0.000000941. The number of halogens is 1. The summed E-state index contributed by atoms with van der Waals surface area (Å²) in [6.07, 6.45) is 2.40. The van der Waals surface area contributed by atoms with Crippen LogP contribution in [0.15, 0.2) is 30.6 Å². The van der Waals surface area contributed by atoms with Crippen molar-refractivity contribution in [3.8, 4) is 0 Å². The molecule has 1 aromatic carbocycles. The molecule has 3 rings (SSSR count). The SMILES string of the molecule is CCO.Cc1ccc(CNC(=O)C2(N)CCN(c3ncnc(N)c3Cl)CC2)cc1. The number of anilines is 2. The molecule has 1 aliphatic rings. The first-order valence-corrected chi connectivity index (χ1v) is 9.93. The van der Waals surface area contributed by atoms with Crippen molar-refractivity contribution in [3.05, 3.63) is 46.7 Å². The average molecular weight is 421 g/mol. The Hall–Kier alpha value is -2.42. The highest BCUT2D eigenvalue weighted by molar-refractivity contribution is 6.35. The van der Waals surface area contributed by atoms with Crippen LogP contribution in [0.4, 0.5) is 11.6 Å². The highest BCUT2D eigenvalue weighted by Gasteiger charge is 2.38. The lowest BCUT2D eigenvalue weighted by Crippen LogP contribution is -2.59. The number of amides is 1. The van der Waals surface area contributed by atoms with Gasteiger partial charge in [0, 0.05) is 26.2 Å². The monoisotopic (exact) mass is 420 g/mol. The fourth-order valence-electron chi connectivity index (χ4n) is 3.00. The number of aryl methyl sites for hydroxylation is 1. The van der Waals surface area contributed by atoms with Gasteiger partial charge in [-0.25, -0.2) is 9.97 Å². The van der Waals surface area contributed by atoms with Gasteiger partial charge in [-0.3, -0.25) is 4.79 Å². The Morgan fingerprint density at radius 2 is 1.86 bits per heavy atom. The maximum atomic E-state index is 12.6. The summed E-state index contributed by atoms with van der Waals surface area (Å²) in [5.41, 5.74) is 13.4. The van der Waals surface area contributed by atoms with Gasteiger partial charge in [0.2, 0.25) is 5.91 Å². The topological polar surface area (TPSA) is 130 Å². The number of nitrogen functional groups attached to an aromatic ring is 1. The van der Waals surface area contributed by atoms with Crippen molar-refractivity contribution in [2.75, 3.05) is 30.3 Å². The minimum Gasteiger partial charge on any atom is -0.397 e. The summed E-state index contributed by atoms with van der Waals surface area (Å²) < 4.78 is 0. The summed E-state index contributed by atoms with van der Waals surface area (Å²) in [5, 5.41) is 10.9. The molecule has 1 fully saturated rings. The van der Waals surface area contributed by atoms with Gasteiger partial charge in [-0.15, -0.1) is 0 Å². The zero-order valence-electron chi connectivity index (χ0n) is 16.9. The number of benzene rings is 1. The second-order valence-corrected chi connectivity index (χ2v) is 7.40. The minimum absolute atomic E-state index is 0.133. The smallest absolute Gasteiger partial charge is 0.240 e. The lowest BCUT2D eigenvalue weighted by molar-refractivity contribution is -0.127. The van der Waals surface area contributed by atoms with Crippen LogP contribution in [0, 0.1) is 6.92 Å². The van der Waals surface area contributed by atoms with Crippen molar-refractivity contribution in [3.63, 3.8) is 0 Å². The van der Waals surface area contributed by atoms with E-state index in [1.54, 1.807) is 6.92 Å². The number of aliphatic hydroxyl groups excluding tert-OH is 1. The van der Waals surface area contributed by atoms with Crippen molar-refractivity contribution in [1.29, 1.82) is 0 Å². The van der Waals surface area contributed by atoms with Crippen LogP contribution in [-0.4, -0.2) is 46.2 Å². The Bertz CT molecular complexity index is 807. The van der Waals surface area contributed by atoms with E-state index in [0.29, 0.717) is 43.3 Å². The third kappa shape index (κ3) is 6.03. The Morgan fingerprint density at radius 3 is 2.45 bits per heavy atom. The lowest BCUT2D eigenvalue weighted by atomic mass is 9.87. The van der Waals surface area contributed by atoms with Gasteiger partial charge in [0.1, 0.15) is 17.2 Å². The number of nitrogens with one attached hydrogen (secondary N) is 1. The highest BCUT2D eigenvalue weighted by Crippen LogP contribution is 2.31. The summed E-state index contributed by atoms with van der Waals surface area (Å²) in [6.45, 7) is 5.58. The second-order valence-electron chi connectivity index (χ2n) is 7.02.